The summed E-state index contributed by atoms with van der Waals surface area (Å²) < 4.78 is 35.0. The van der Waals surface area contributed by atoms with E-state index in [0.717, 1.165) is 5.56 Å². The zero-order valence-electron chi connectivity index (χ0n) is 12.0. The minimum atomic E-state index is -4.13. The van der Waals surface area contributed by atoms with Gasteiger partial charge in [0.05, 0.1) is 0 Å². The molecule has 1 N–H and O–H groups in total. The molecule has 0 spiro atoms. The Morgan fingerprint density at radius 3 is 2.00 bits per heavy atom. The lowest BCUT2D eigenvalue weighted by Gasteiger charge is -2.26. The SMILES string of the molecule is CC(C)(c1ccccc1)c1ccc(OCS(=O)(=O)O)cc1. The first kappa shape index (κ1) is 15.5. The predicted molar refractivity (Wildman–Crippen MR) is 82.1 cm³/mol. The van der Waals surface area contributed by atoms with Crippen molar-refractivity contribution in [2.75, 3.05) is 5.94 Å². The Kier molecular flexibility index (Phi) is 4.34. The standard InChI is InChI=1S/C16H18O4S/c1-16(2,13-6-4-3-5-7-13)14-8-10-15(11-9-14)20-12-21(17,18)19/h3-11H,12H2,1-2H3,(H,17,18,19). The van der Waals surface area contributed by atoms with Crippen LogP contribution in [-0.4, -0.2) is 18.9 Å². The van der Waals surface area contributed by atoms with E-state index < -0.39 is 16.1 Å². The lowest BCUT2D eigenvalue weighted by atomic mass is 9.78. The maximum atomic E-state index is 10.6. The number of hydrogen-bond donors (Lipinski definition) is 1. The molecule has 21 heavy (non-hydrogen) atoms. The molecule has 0 aromatic heterocycles. The monoisotopic (exact) mass is 306 g/mol. The van der Waals surface area contributed by atoms with Crippen LogP contribution in [-0.2, 0) is 15.5 Å². The Bertz CT molecular complexity index is 689. The molecule has 0 aliphatic carbocycles. The number of benzene rings is 2. The quantitative estimate of drug-likeness (QED) is 0.861. The molecule has 2 aromatic rings. The van der Waals surface area contributed by atoms with Crippen LogP contribution in [0.2, 0.25) is 0 Å². The fourth-order valence-electron chi connectivity index (χ4n) is 2.13. The summed E-state index contributed by atoms with van der Waals surface area (Å²) in [6, 6.07) is 17.3. The summed E-state index contributed by atoms with van der Waals surface area (Å²) in [7, 11) is -4.13. The zero-order chi connectivity index (χ0) is 15.5. The summed E-state index contributed by atoms with van der Waals surface area (Å²) >= 11 is 0. The first-order valence-corrected chi connectivity index (χ1v) is 8.14. The lowest BCUT2D eigenvalue weighted by molar-refractivity contribution is 0.352. The fraction of sp³-hybridized carbons (Fsp3) is 0.250. The molecule has 0 radical (unpaired) electrons. The average molecular weight is 306 g/mol. The van der Waals surface area contributed by atoms with Crippen molar-refractivity contribution in [3.63, 3.8) is 0 Å². The zero-order valence-corrected chi connectivity index (χ0v) is 12.8. The molecule has 2 rings (SSSR count). The third-order valence-electron chi connectivity index (χ3n) is 3.45. The van der Waals surface area contributed by atoms with Crippen molar-refractivity contribution < 1.29 is 17.7 Å². The molecular formula is C16H18O4S. The highest BCUT2D eigenvalue weighted by molar-refractivity contribution is 7.85. The summed E-state index contributed by atoms with van der Waals surface area (Å²) in [6.45, 7) is 4.24. The van der Waals surface area contributed by atoms with Crippen LogP contribution in [0.4, 0.5) is 0 Å². The van der Waals surface area contributed by atoms with E-state index >= 15 is 0 Å². The molecule has 0 aliphatic rings. The van der Waals surface area contributed by atoms with Crippen LogP contribution in [0.1, 0.15) is 25.0 Å². The number of hydrogen-bond acceptors (Lipinski definition) is 3. The van der Waals surface area contributed by atoms with Crippen LogP contribution in [0.5, 0.6) is 5.75 Å². The second kappa shape index (κ2) is 5.87. The van der Waals surface area contributed by atoms with E-state index in [9.17, 15) is 8.42 Å². The van der Waals surface area contributed by atoms with Crippen molar-refractivity contribution in [1.82, 2.24) is 0 Å². The van der Waals surface area contributed by atoms with Gasteiger partial charge in [-0.1, -0.05) is 56.3 Å². The van der Waals surface area contributed by atoms with Crippen molar-refractivity contribution in [1.29, 1.82) is 0 Å². The van der Waals surface area contributed by atoms with Crippen LogP contribution in [0, 0.1) is 0 Å². The van der Waals surface area contributed by atoms with E-state index in [1.54, 1.807) is 12.1 Å². The third-order valence-corrected chi connectivity index (χ3v) is 3.86. The summed E-state index contributed by atoms with van der Waals surface area (Å²) in [5.41, 5.74) is 2.12. The van der Waals surface area contributed by atoms with Gasteiger partial charge in [-0.25, -0.2) is 0 Å². The van der Waals surface area contributed by atoms with Crippen LogP contribution in [0.3, 0.4) is 0 Å². The van der Waals surface area contributed by atoms with Crippen LogP contribution in [0.25, 0.3) is 0 Å². The molecule has 0 saturated carbocycles. The highest BCUT2D eigenvalue weighted by Gasteiger charge is 2.22. The van der Waals surface area contributed by atoms with Crippen molar-refractivity contribution in [2.24, 2.45) is 0 Å². The predicted octanol–water partition coefficient (Wildman–Crippen LogP) is 3.24. The Labute approximate surface area is 125 Å². The molecular weight excluding hydrogens is 288 g/mol. The second-order valence-corrected chi connectivity index (χ2v) is 6.76. The number of ether oxygens (including phenoxy) is 1. The average Bonchev–Trinajstić information content (AvgIpc) is 2.46. The van der Waals surface area contributed by atoms with E-state index in [1.807, 2.05) is 30.3 Å². The Balaban J connectivity index is 2.19. The summed E-state index contributed by atoms with van der Waals surface area (Å²) in [6.07, 6.45) is 0. The van der Waals surface area contributed by atoms with Gasteiger partial charge >= 0.3 is 10.1 Å². The number of rotatable bonds is 5. The molecule has 0 unspecified atom stereocenters. The van der Waals surface area contributed by atoms with E-state index in [1.165, 1.54) is 5.56 Å². The smallest absolute Gasteiger partial charge is 0.300 e. The maximum absolute atomic E-state index is 10.6. The Hall–Kier alpha value is -1.85. The minimum absolute atomic E-state index is 0.164. The van der Waals surface area contributed by atoms with Crippen molar-refractivity contribution in [2.45, 2.75) is 19.3 Å². The summed E-state index contributed by atoms with van der Waals surface area (Å²) in [5.74, 6) is -0.339. The second-order valence-electron chi connectivity index (χ2n) is 5.36. The largest absolute Gasteiger partial charge is 0.475 e. The topological polar surface area (TPSA) is 63.6 Å². The van der Waals surface area contributed by atoms with Gasteiger partial charge in [-0.05, 0) is 23.3 Å². The molecule has 0 saturated heterocycles. The van der Waals surface area contributed by atoms with E-state index in [-0.39, 0.29) is 5.41 Å². The van der Waals surface area contributed by atoms with Crippen LogP contribution >= 0.6 is 0 Å². The van der Waals surface area contributed by atoms with Crippen molar-refractivity contribution >= 4 is 10.1 Å². The molecule has 112 valence electrons. The molecule has 0 amide bonds. The van der Waals surface area contributed by atoms with Crippen molar-refractivity contribution in [3.8, 4) is 5.75 Å². The maximum Gasteiger partial charge on any atom is 0.300 e. The van der Waals surface area contributed by atoms with Gasteiger partial charge in [-0.3, -0.25) is 4.55 Å². The van der Waals surface area contributed by atoms with Crippen LogP contribution < -0.4 is 4.74 Å². The first-order valence-electron chi connectivity index (χ1n) is 6.53. The molecule has 4 nitrogen and oxygen atoms in total. The van der Waals surface area contributed by atoms with Gasteiger partial charge in [0.25, 0.3) is 0 Å². The van der Waals surface area contributed by atoms with Crippen LogP contribution in [0.15, 0.2) is 54.6 Å². The first-order chi connectivity index (χ1) is 9.79. The molecule has 0 bridgehead atoms. The van der Waals surface area contributed by atoms with Crippen molar-refractivity contribution in [3.05, 3.63) is 65.7 Å². The van der Waals surface area contributed by atoms with Gasteiger partial charge in [0.15, 0.2) is 0 Å². The lowest BCUT2D eigenvalue weighted by Crippen LogP contribution is -2.18. The van der Waals surface area contributed by atoms with Gasteiger partial charge in [-0.15, -0.1) is 0 Å². The summed E-state index contributed by atoms with van der Waals surface area (Å²) in [4.78, 5) is 0. The van der Waals surface area contributed by atoms with E-state index in [2.05, 4.69) is 26.0 Å². The normalized spacial score (nSPS) is 12.1. The van der Waals surface area contributed by atoms with E-state index in [4.69, 9.17) is 9.29 Å². The Morgan fingerprint density at radius 2 is 1.48 bits per heavy atom. The molecule has 0 aliphatic heterocycles. The van der Waals surface area contributed by atoms with Gasteiger partial charge in [0.1, 0.15) is 5.75 Å². The Morgan fingerprint density at radius 1 is 0.952 bits per heavy atom. The van der Waals surface area contributed by atoms with Gasteiger partial charge in [0, 0.05) is 5.41 Å². The van der Waals surface area contributed by atoms with Gasteiger partial charge in [-0.2, -0.15) is 8.42 Å². The molecule has 0 fully saturated rings. The van der Waals surface area contributed by atoms with E-state index in [0.29, 0.717) is 5.75 Å². The third kappa shape index (κ3) is 4.06. The molecule has 0 atom stereocenters. The van der Waals surface area contributed by atoms with Gasteiger partial charge in [0.2, 0.25) is 5.94 Å². The molecule has 5 heteroatoms. The summed E-state index contributed by atoms with van der Waals surface area (Å²) in [5, 5.41) is 0. The van der Waals surface area contributed by atoms with Gasteiger partial charge < -0.3 is 4.74 Å². The molecule has 2 aromatic carbocycles. The minimum Gasteiger partial charge on any atom is -0.475 e. The fourth-order valence-corrected chi connectivity index (χ4v) is 2.42. The highest BCUT2D eigenvalue weighted by Crippen LogP contribution is 2.32. The highest BCUT2D eigenvalue weighted by atomic mass is 32.2. The molecule has 0 heterocycles.